The zero-order valence-electron chi connectivity index (χ0n) is 15.6. The van der Waals surface area contributed by atoms with Gasteiger partial charge in [0.1, 0.15) is 11.7 Å². The van der Waals surface area contributed by atoms with E-state index in [1.807, 2.05) is 13.8 Å². The van der Waals surface area contributed by atoms with Crippen molar-refractivity contribution in [1.29, 1.82) is 0 Å². The zero-order chi connectivity index (χ0) is 20.9. The summed E-state index contributed by atoms with van der Waals surface area (Å²) in [6, 6.07) is 3.93. The summed E-state index contributed by atoms with van der Waals surface area (Å²) in [7, 11) is 0. The first kappa shape index (κ1) is 21.7. The average Bonchev–Trinajstić information content (AvgIpc) is 3.09. The van der Waals surface area contributed by atoms with Gasteiger partial charge in [0.15, 0.2) is 5.13 Å². The molecule has 0 saturated carbocycles. The van der Waals surface area contributed by atoms with Crippen molar-refractivity contribution < 1.29 is 22.8 Å². The van der Waals surface area contributed by atoms with Gasteiger partial charge < -0.3 is 16.0 Å². The molecule has 3 N–H and O–H groups in total. The molecule has 0 saturated heterocycles. The smallest absolute Gasteiger partial charge is 0.352 e. The third kappa shape index (κ3) is 5.95. The van der Waals surface area contributed by atoms with Crippen molar-refractivity contribution in [1.82, 2.24) is 15.6 Å². The average molecular weight is 414 g/mol. The van der Waals surface area contributed by atoms with E-state index >= 15 is 0 Å². The first-order valence-corrected chi connectivity index (χ1v) is 9.49. The van der Waals surface area contributed by atoms with Crippen LogP contribution in [0.4, 0.5) is 24.0 Å². The highest BCUT2D eigenvalue weighted by molar-refractivity contribution is 7.14. The van der Waals surface area contributed by atoms with E-state index in [0.717, 1.165) is 29.9 Å². The molecule has 1 aromatic heterocycles. The maximum absolute atomic E-state index is 12.8. The zero-order valence-corrected chi connectivity index (χ0v) is 16.4. The van der Waals surface area contributed by atoms with Crippen LogP contribution in [-0.2, 0) is 11.0 Å². The lowest BCUT2D eigenvalue weighted by Gasteiger charge is -2.16. The molecule has 0 radical (unpaired) electrons. The van der Waals surface area contributed by atoms with Crippen LogP contribution in [0, 0.1) is 0 Å². The van der Waals surface area contributed by atoms with E-state index in [2.05, 4.69) is 20.9 Å². The number of rotatable bonds is 7. The Bertz CT molecular complexity index is 838. The maximum atomic E-state index is 12.8. The van der Waals surface area contributed by atoms with Gasteiger partial charge in [-0.25, -0.2) is 4.98 Å². The van der Waals surface area contributed by atoms with Gasteiger partial charge in [-0.3, -0.25) is 9.59 Å². The Labute approximate surface area is 164 Å². The van der Waals surface area contributed by atoms with Gasteiger partial charge in [-0.1, -0.05) is 13.0 Å². The Hall–Kier alpha value is -2.62. The molecule has 10 heteroatoms. The molecule has 28 heavy (non-hydrogen) atoms. The summed E-state index contributed by atoms with van der Waals surface area (Å²) in [5, 5.41) is 9.79. The molecular weight excluding hydrogens is 393 g/mol. The third-order valence-electron chi connectivity index (χ3n) is 3.92. The quantitative estimate of drug-likeness (QED) is 0.641. The fourth-order valence-corrected chi connectivity index (χ4v) is 2.85. The fourth-order valence-electron chi connectivity index (χ4n) is 2.14. The Balaban J connectivity index is 2.00. The van der Waals surface area contributed by atoms with Crippen LogP contribution in [0.25, 0.3) is 0 Å². The summed E-state index contributed by atoms with van der Waals surface area (Å²) in [6.45, 7) is 5.35. The fraction of sp³-hybridized carbons (Fsp3) is 0.389. The minimum Gasteiger partial charge on any atom is -0.352 e. The molecule has 0 aliphatic heterocycles. The topological polar surface area (TPSA) is 83.1 Å². The SMILES string of the molecule is CC[C@@H](C)NC(=O)[C@H](C)NC(=O)c1csc(Nc2cccc(C(F)(F)F)c2)n1. The number of nitrogens with one attached hydrogen (secondary N) is 3. The number of amides is 2. The molecule has 2 amide bonds. The number of hydrogen-bond acceptors (Lipinski definition) is 5. The van der Waals surface area contributed by atoms with Crippen molar-refractivity contribution in [2.45, 2.75) is 45.5 Å². The number of aromatic nitrogens is 1. The molecule has 2 rings (SSSR count). The number of alkyl halides is 3. The number of benzene rings is 1. The van der Waals surface area contributed by atoms with Crippen molar-refractivity contribution in [2.24, 2.45) is 0 Å². The summed E-state index contributed by atoms with van der Waals surface area (Å²) in [6.07, 6.45) is -3.68. The van der Waals surface area contributed by atoms with Gasteiger partial charge >= 0.3 is 6.18 Å². The number of carbonyl (C=O) groups is 2. The standard InChI is InChI=1S/C18H21F3N4O2S/c1-4-10(2)22-15(26)11(3)23-16(27)14-9-28-17(25-14)24-13-7-5-6-12(8-13)18(19,20)21/h5-11H,4H2,1-3H3,(H,22,26)(H,23,27)(H,24,25)/t10-,11+/m1/s1. The van der Waals surface area contributed by atoms with Gasteiger partial charge in [0.2, 0.25) is 5.91 Å². The van der Waals surface area contributed by atoms with E-state index in [9.17, 15) is 22.8 Å². The molecular formula is C18H21F3N4O2S. The molecule has 0 aliphatic carbocycles. The van der Waals surface area contributed by atoms with E-state index in [1.165, 1.54) is 17.5 Å². The Kier molecular flexibility index (Phi) is 7.00. The van der Waals surface area contributed by atoms with E-state index < -0.39 is 23.7 Å². The second-order valence-corrected chi connectivity index (χ2v) is 7.11. The van der Waals surface area contributed by atoms with Gasteiger partial charge in [-0.05, 0) is 38.5 Å². The number of hydrogen-bond donors (Lipinski definition) is 3. The molecule has 1 aromatic carbocycles. The van der Waals surface area contributed by atoms with Crippen LogP contribution in [-0.4, -0.2) is 28.9 Å². The molecule has 0 unspecified atom stereocenters. The normalized spacial score (nSPS) is 13.5. The summed E-state index contributed by atoms with van der Waals surface area (Å²) < 4.78 is 38.3. The Morgan fingerprint density at radius 3 is 2.57 bits per heavy atom. The van der Waals surface area contributed by atoms with Crippen LogP contribution in [0.2, 0.25) is 0 Å². The predicted molar refractivity (Wildman–Crippen MR) is 102 cm³/mol. The predicted octanol–water partition coefficient (Wildman–Crippen LogP) is 3.94. The van der Waals surface area contributed by atoms with E-state index in [4.69, 9.17) is 0 Å². The van der Waals surface area contributed by atoms with E-state index in [-0.39, 0.29) is 28.5 Å². The minimum absolute atomic E-state index is 0.00520. The highest BCUT2D eigenvalue weighted by Gasteiger charge is 2.30. The van der Waals surface area contributed by atoms with Crippen molar-refractivity contribution >= 4 is 34.0 Å². The number of nitrogens with zero attached hydrogens (tertiary/aromatic N) is 1. The summed E-state index contributed by atoms with van der Waals surface area (Å²) in [5.74, 6) is -0.847. The van der Waals surface area contributed by atoms with Gasteiger partial charge in [0, 0.05) is 17.1 Å². The molecule has 0 fully saturated rings. The third-order valence-corrected chi connectivity index (χ3v) is 4.68. The van der Waals surface area contributed by atoms with E-state index in [0.29, 0.717) is 0 Å². The molecule has 0 bridgehead atoms. The molecule has 6 nitrogen and oxygen atoms in total. The number of thiazole rings is 1. The highest BCUT2D eigenvalue weighted by atomic mass is 32.1. The summed E-state index contributed by atoms with van der Waals surface area (Å²) in [4.78, 5) is 28.3. The van der Waals surface area contributed by atoms with Gasteiger partial charge in [-0.2, -0.15) is 13.2 Å². The number of anilines is 2. The minimum atomic E-state index is -4.45. The lowest BCUT2D eigenvalue weighted by atomic mass is 10.2. The Morgan fingerprint density at radius 2 is 1.93 bits per heavy atom. The van der Waals surface area contributed by atoms with Crippen LogP contribution in [0.1, 0.15) is 43.2 Å². The first-order valence-electron chi connectivity index (χ1n) is 8.61. The molecule has 2 aromatic rings. The largest absolute Gasteiger partial charge is 0.416 e. The number of halogens is 3. The molecule has 2 atom stereocenters. The van der Waals surface area contributed by atoms with Crippen LogP contribution >= 0.6 is 11.3 Å². The van der Waals surface area contributed by atoms with Crippen molar-refractivity contribution in [3.63, 3.8) is 0 Å². The van der Waals surface area contributed by atoms with Crippen molar-refractivity contribution in [3.05, 3.63) is 40.9 Å². The number of carbonyl (C=O) groups excluding carboxylic acids is 2. The lowest BCUT2D eigenvalue weighted by Crippen LogP contribution is -2.47. The molecule has 0 aliphatic rings. The van der Waals surface area contributed by atoms with Crippen LogP contribution in [0.15, 0.2) is 29.6 Å². The Morgan fingerprint density at radius 1 is 1.21 bits per heavy atom. The first-order chi connectivity index (χ1) is 13.1. The highest BCUT2D eigenvalue weighted by Crippen LogP contribution is 2.31. The monoisotopic (exact) mass is 414 g/mol. The van der Waals surface area contributed by atoms with Crippen LogP contribution in [0.3, 0.4) is 0 Å². The molecule has 1 heterocycles. The van der Waals surface area contributed by atoms with Gasteiger partial charge in [0.05, 0.1) is 5.56 Å². The summed E-state index contributed by atoms with van der Waals surface area (Å²) in [5.41, 5.74) is -0.506. The van der Waals surface area contributed by atoms with Crippen molar-refractivity contribution in [3.8, 4) is 0 Å². The molecule has 0 spiro atoms. The summed E-state index contributed by atoms with van der Waals surface area (Å²) >= 11 is 1.07. The van der Waals surface area contributed by atoms with Gasteiger partial charge in [-0.15, -0.1) is 11.3 Å². The molecule has 152 valence electrons. The second-order valence-electron chi connectivity index (χ2n) is 6.25. The van der Waals surface area contributed by atoms with E-state index in [1.54, 1.807) is 6.92 Å². The maximum Gasteiger partial charge on any atom is 0.416 e. The van der Waals surface area contributed by atoms with Crippen molar-refractivity contribution in [2.75, 3.05) is 5.32 Å². The van der Waals surface area contributed by atoms with Crippen LogP contribution < -0.4 is 16.0 Å². The second kappa shape index (κ2) is 9.05. The lowest BCUT2D eigenvalue weighted by molar-refractivity contribution is -0.137. The van der Waals surface area contributed by atoms with Gasteiger partial charge in [0.25, 0.3) is 5.91 Å². The van der Waals surface area contributed by atoms with Crippen LogP contribution in [0.5, 0.6) is 0 Å².